The van der Waals surface area contributed by atoms with Crippen molar-refractivity contribution in [2.24, 2.45) is 5.92 Å². The molecular weight excluding hydrogens is 488 g/mol. The van der Waals surface area contributed by atoms with E-state index in [9.17, 15) is 4.79 Å². The van der Waals surface area contributed by atoms with E-state index in [1.165, 1.54) is 0 Å². The Labute approximate surface area is 196 Å². The number of benzene rings is 1. The van der Waals surface area contributed by atoms with Gasteiger partial charge in [0.2, 0.25) is 0 Å². The summed E-state index contributed by atoms with van der Waals surface area (Å²) < 4.78 is 23.8. The molecule has 0 bridgehead atoms. The second-order valence-corrected chi connectivity index (χ2v) is 9.56. The molecule has 1 unspecified atom stereocenters. The van der Waals surface area contributed by atoms with Gasteiger partial charge in [0.05, 0.1) is 40.5 Å². The van der Waals surface area contributed by atoms with Crippen molar-refractivity contribution in [3.05, 3.63) is 21.1 Å². The zero-order chi connectivity index (χ0) is 21.8. The number of fused-ring (bicyclic) bond motifs is 1. The standard InChI is InChI=1S/C22H30BrClN2O5/c1-28-18-13-26(12-15-4-2-7-29-15)6-5-14(18)11-25-22(27)16-10-17(24)19(23)21-20(16)30-8-3-9-31-21/h10,14-15,18H,2-9,11-13H2,1H3,(H,25,27)/t14-,15?,18+/m0/s1. The van der Waals surface area contributed by atoms with Crippen molar-refractivity contribution in [3.63, 3.8) is 0 Å². The summed E-state index contributed by atoms with van der Waals surface area (Å²) in [5.41, 5.74) is 0.398. The second kappa shape index (κ2) is 10.7. The topological polar surface area (TPSA) is 69.3 Å². The highest BCUT2D eigenvalue weighted by molar-refractivity contribution is 9.10. The molecule has 4 rings (SSSR count). The molecule has 7 nitrogen and oxygen atoms in total. The molecule has 3 heterocycles. The highest BCUT2D eigenvalue weighted by atomic mass is 79.9. The number of amides is 1. The first-order valence-electron chi connectivity index (χ1n) is 11.0. The fourth-order valence-electron chi connectivity index (χ4n) is 4.53. The van der Waals surface area contributed by atoms with Gasteiger partial charge in [0.25, 0.3) is 5.91 Å². The molecule has 9 heteroatoms. The monoisotopic (exact) mass is 516 g/mol. The number of hydrogen-bond acceptors (Lipinski definition) is 6. The zero-order valence-corrected chi connectivity index (χ0v) is 20.2. The summed E-state index contributed by atoms with van der Waals surface area (Å²) in [5.74, 6) is 0.970. The Morgan fingerprint density at radius 1 is 1.26 bits per heavy atom. The minimum Gasteiger partial charge on any atom is -0.489 e. The summed E-state index contributed by atoms with van der Waals surface area (Å²) in [5, 5.41) is 3.49. The minimum absolute atomic E-state index is 0.0701. The minimum atomic E-state index is -0.215. The molecule has 2 fully saturated rings. The van der Waals surface area contributed by atoms with Gasteiger partial charge in [-0.25, -0.2) is 0 Å². The van der Waals surface area contributed by atoms with E-state index in [0.29, 0.717) is 52.4 Å². The van der Waals surface area contributed by atoms with Crippen molar-refractivity contribution < 1.29 is 23.7 Å². The summed E-state index contributed by atoms with van der Waals surface area (Å²) in [7, 11) is 1.74. The van der Waals surface area contributed by atoms with Gasteiger partial charge in [0.1, 0.15) is 0 Å². The first-order valence-corrected chi connectivity index (χ1v) is 12.2. The molecule has 1 N–H and O–H groups in total. The molecule has 1 aromatic rings. The molecule has 0 radical (unpaired) electrons. The lowest BCUT2D eigenvalue weighted by Gasteiger charge is -2.38. The van der Waals surface area contributed by atoms with Crippen LogP contribution in [0.3, 0.4) is 0 Å². The van der Waals surface area contributed by atoms with E-state index in [-0.39, 0.29) is 17.9 Å². The molecule has 3 aliphatic rings. The Bertz CT molecular complexity index is 790. The van der Waals surface area contributed by atoms with Crippen LogP contribution in [0.25, 0.3) is 0 Å². The fraction of sp³-hybridized carbons (Fsp3) is 0.682. The number of hydrogen-bond donors (Lipinski definition) is 1. The molecule has 2 saturated heterocycles. The van der Waals surface area contributed by atoms with Crippen molar-refractivity contribution in [1.29, 1.82) is 0 Å². The number of carbonyl (C=O) groups is 1. The van der Waals surface area contributed by atoms with Gasteiger partial charge >= 0.3 is 0 Å². The quantitative estimate of drug-likeness (QED) is 0.623. The number of carbonyl (C=O) groups excluding carboxylic acids is 1. The van der Waals surface area contributed by atoms with E-state index >= 15 is 0 Å². The van der Waals surface area contributed by atoms with Crippen LogP contribution in [0.15, 0.2) is 10.5 Å². The van der Waals surface area contributed by atoms with Crippen LogP contribution < -0.4 is 14.8 Å². The Kier molecular flexibility index (Phi) is 7.98. The van der Waals surface area contributed by atoms with Crippen molar-refractivity contribution >= 4 is 33.4 Å². The SMILES string of the molecule is CO[C@@H]1CN(CC2CCCO2)CC[C@H]1CNC(=O)c1cc(Cl)c(Br)c2c1OCCCO2. The largest absolute Gasteiger partial charge is 0.489 e. The van der Waals surface area contributed by atoms with Crippen LogP contribution in [0.5, 0.6) is 11.5 Å². The van der Waals surface area contributed by atoms with Crippen LogP contribution in [0, 0.1) is 5.92 Å². The average Bonchev–Trinajstić information content (AvgIpc) is 3.16. The number of methoxy groups -OCH3 is 1. The molecule has 0 aromatic heterocycles. The van der Waals surface area contributed by atoms with Crippen LogP contribution >= 0.6 is 27.5 Å². The van der Waals surface area contributed by atoms with Gasteiger partial charge in [-0.15, -0.1) is 0 Å². The third-order valence-corrected chi connectivity index (χ3v) is 7.56. The lowest BCUT2D eigenvalue weighted by Crippen LogP contribution is -2.50. The van der Waals surface area contributed by atoms with E-state index in [1.54, 1.807) is 13.2 Å². The van der Waals surface area contributed by atoms with Gasteiger partial charge in [-0.2, -0.15) is 0 Å². The molecule has 3 aliphatic heterocycles. The van der Waals surface area contributed by atoms with Gasteiger partial charge in [-0.1, -0.05) is 11.6 Å². The fourth-order valence-corrected chi connectivity index (χ4v) is 5.13. The Morgan fingerprint density at radius 2 is 2.06 bits per heavy atom. The Balaban J connectivity index is 1.38. The lowest BCUT2D eigenvalue weighted by molar-refractivity contribution is -0.0254. The highest BCUT2D eigenvalue weighted by Crippen LogP contribution is 2.44. The maximum atomic E-state index is 13.0. The number of nitrogens with one attached hydrogen (secondary N) is 1. The Morgan fingerprint density at radius 3 is 2.81 bits per heavy atom. The van der Waals surface area contributed by atoms with Crippen molar-refractivity contribution in [2.75, 3.05) is 53.1 Å². The van der Waals surface area contributed by atoms with E-state index < -0.39 is 0 Å². The first kappa shape index (κ1) is 23.1. The van der Waals surface area contributed by atoms with Crippen LogP contribution in [0.4, 0.5) is 0 Å². The molecular formula is C22H30BrClN2O5. The van der Waals surface area contributed by atoms with Crippen LogP contribution in [0.1, 0.15) is 36.0 Å². The molecule has 0 spiro atoms. The zero-order valence-electron chi connectivity index (χ0n) is 17.8. The van der Waals surface area contributed by atoms with Crippen LogP contribution in [-0.4, -0.2) is 76.1 Å². The molecule has 1 aromatic carbocycles. The van der Waals surface area contributed by atoms with Gasteiger partial charge in [-0.3, -0.25) is 9.69 Å². The van der Waals surface area contributed by atoms with E-state index in [0.717, 1.165) is 51.9 Å². The summed E-state index contributed by atoms with van der Waals surface area (Å²) in [6, 6.07) is 1.63. The third kappa shape index (κ3) is 5.47. The summed E-state index contributed by atoms with van der Waals surface area (Å²) in [6.07, 6.45) is 4.41. The van der Waals surface area contributed by atoms with E-state index in [2.05, 4.69) is 26.1 Å². The molecule has 172 valence electrons. The molecule has 1 amide bonds. The third-order valence-electron chi connectivity index (χ3n) is 6.25. The van der Waals surface area contributed by atoms with Crippen LogP contribution in [0.2, 0.25) is 5.02 Å². The predicted octanol–water partition coefficient (Wildman–Crippen LogP) is 3.51. The summed E-state index contributed by atoms with van der Waals surface area (Å²) >= 11 is 9.77. The van der Waals surface area contributed by atoms with E-state index in [1.807, 2.05) is 0 Å². The molecule has 31 heavy (non-hydrogen) atoms. The van der Waals surface area contributed by atoms with Crippen molar-refractivity contribution in [2.45, 2.75) is 37.9 Å². The van der Waals surface area contributed by atoms with Gasteiger partial charge in [0.15, 0.2) is 11.5 Å². The maximum absolute atomic E-state index is 13.0. The number of nitrogens with zero attached hydrogens (tertiary/aromatic N) is 1. The van der Waals surface area contributed by atoms with Gasteiger partial charge < -0.3 is 24.3 Å². The molecule has 0 aliphatic carbocycles. The predicted molar refractivity (Wildman–Crippen MR) is 121 cm³/mol. The van der Waals surface area contributed by atoms with Gasteiger partial charge in [0, 0.05) is 45.7 Å². The number of halogens is 2. The normalized spacial score (nSPS) is 26.5. The van der Waals surface area contributed by atoms with Gasteiger partial charge in [-0.05, 0) is 47.8 Å². The Hall–Kier alpha value is -1.06. The highest BCUT2D eigenvalue weighted by Gasteiger charge is 2.32. The number of piperidine rings is 1. The average molecular weight is 518 g/mol. The number of rotatable bonds is 6. The van der Waals surface area contributed by atoms with Crippen molar-refractivity contribution in [1.82, 2.24) is 10.2 Å². The molecule has 3 atom stereocenters. The van der Waals surface area contributed by atoms with E-state index in [4.69, 9.17) is 30.5 Å². The smallest absolute Gasteiger partial charge is 0.255 e. The number of ether oxygens (including phenoxy) is 4. The van der Waals surface area contributed by atoms with Crippen molar-refractivity contribution in [3.8, 4) is 11.5 Å². The number of likely N-dealkylation sites (tertiary alicyclic amines) is 1. The van der Waals surface area contributed by atoms with Crippen LogP contribution in [-0.2, 0) is 9.47 Å². The summed E-state index contributed by atoms with van der Waals surface area (Å²) in [6.45, 7) is 5.22. The summed E-state index contributed by atoms with van der Waals surface area (Å²) in [4.78, 5) is 15.5. The first-order chi connectivity index (χ1) is 15.1. The second-order valence-electron chi connectivity index (χ2n) is 8.36. The molecule has 0 saturated carbocycles. The maximum Gasteiger partial charge on any atom is 0.255 e. The lowest BCUT2D eigenvalue weighted by atomic mass is 9.93.